The molecule has 164 valence electrons. The zero-order valence-corrected chi connectivity index (χ0v) is 19.2. The molecule has 0 aliphatic rings. The Morgan fingerprint density at radius 2 is 2.00 bits per heavy atom. The summed E-state index contributed by atoms with van der Waals surface area (Å²) in [4.78, 5) is 33.6. The molecule has 7 nitrogen and oxygen atoms in total. The van der Waals surface area contributed by atoms with Crippen LogP contribution in [0.4, 0.5) is 5.69 Å². The van der Waals surface area contributed by atoms with Gasteiger partial charge in [0.2, 0.25) is 5.91 Å². The lowest BCUT2D eigenvalue weighted by atomic mass is 10.2. The van der Waals surface area contributed by atoms with Gasteiger partial charge >= 0.3 is 0 Å². The Hall–Kier alpha value is -3.69. The summed E-state index contributed by atoms with van der Waals surface area (Å²) in [6, 6.07) is 18.5. The molecule has 2 aromatic carbocycles. The van der Waals surface area contributed by atoms with Gasteiger partial charge in [-0.3, -0.25) is 9.59 Å². The number of hydrogen-bond donors (Lipinski definition) is 1. The first-order valence-corrected chi connectivity index (χ1v) is 11.9. The molecule has 0 fully saturated rings. The fourth-order valence-electron chi connectivity index (χ4n) is 3.25. The normalized spacial score (nSPS) is 11.5. The van der Waals surface area contributed by atoms with Crippen LogP contribution >= 0.6 is 23.1 Å². The predicted molar refractivity (Wildman–Crippen MR) is 132 cm³/mol. The average Bonchev–Trinajstić information content (AvgIpc) is 3.39. The number of anilines is 1. The zero-order valence-electron chi connectivity index (χ0n) is 17.5. The number of nitrogens with one attached hydrogen (secondary N) is 1. The topological polar surface area (TPSA) is 89.5 Å². The number of carbonyl (C=O) groups excluding carboxylic acids is 1. The van der Waals surface area contributed by atoms with Crippen molar-refractivity contribution in [3.8, 4) is 0 Å². The minimum Gasteiger partial charge on any atom is -0.375 e. The van der Waals surface area contributed by atoms with Gasteiger partial charge in [0.25, 0.3) is 5.56 Å². The Morgan fingerprint density at radius 3 is 2.85 bits per heavy atom. The number of rotatable bonds is 6. The third-order valence-corrected chi connectivity index (χ3v) is 6.93. The molecule has 1 N–H and O–H groups in total. The summed E-state index contributed by atoms with van der Waals surface area (Å²) in [5.74, 6) is 0.956. The molecule has 0 saturated heterocycles. The smallest absolute Gasteiger partial charge is 0.287 e. The van der Waals surface area contributed by atoms with E-state index in [1.807, 2.05) is 48.5 Å². The summed E-state index contributed by atoms with van der Waals surface area (Å²) < 4.78 is 8.34. The summed E-state index contributed by atoms with van der Waals surface area (Å²) in [5.41, 5.74) is 3.46. The van der Waals surface area contributed by atoms with Crippen LogP contribution in [-0.2, 0) is 10.5 Å². The van der Waals surface area contributed by atoms with Gasteiger partial charge < -0.3 is 9.84 Å². The Balaban J connectivity index is 1.27. The Kier molecular flexibility index (Phi) is 5.80. The summed E-state index contributed by atoms with van der Waals surface area (Å²) in [6.07, 6.45) is 3.29. The van der Waals surface area contributed by atoms with Crippen molar-refractivity contribution in [2.45, 2.75) is 17.0 Å². The number of thioether (sulfide) groups is 1. The first-order valence-electron chi connectivity index (χ1n) is 10.1. The highest BCUT2D eigenvalue weighted by Gasteiger charge is 2.10. The SMILES string of the molecule is Cc1cc2nc(CSc3nc4ccc(NC(=O)C=Cc5ccccc5)cc4s3)cc(=O)n2o1. The average molecular weight is 475 g/mol. The van der Waals surface area contributed by atoms with Crippen LogP contribution in [0.2, 0.25) is 0 Å². The molecule has 0 bridgehead atoms. The lowest BCUT2D eigenvalue weighted by molar-refractivity contribution is -0.111. The Bertz CT molecular complexity index is 1550. The second kappa shape index (κ2) is 9.05. The molecular weight excluding hydrogens is 456 g/mol. The minimum absolute atomic E-state index is 0.195. The third-order valence-electron chi connectivity index (χ3n) is 4.73. The van der Waals surface area contributed by atoms with Gasteiger partial charge in [0.05, 0.1) is 15.9 Å². The second-order valence-electron chi connectivity index (χ2n) is 7.27. The van der Waals surface area contributed by atoms with Crippen molar-refractivity contribution in [3.63, 3.8) is 0 Å². The van der Waals surface area contributed by atoms with E-state index in [2.05, 4.69) is 15.3 Å². The Labute approximate surface area is 196 Å². The maximum Gasteiger partial charge on any atom is 0.287 e. The van der Waals surface area contributed by atoms with Gasteiger partial charge in [0.15, 0.2) is 9.99 Å². The second-order valence-corrected chi connectivity index (χ2v) is 9.52. The third kappa shape index (κ3) is 4.89. The van der Waals surface area contributed by atoms with Crippen LogP contribution in [0.1, 0.15) is 17.0 Å². The van der Waals surface area contributed by atoms with Crippen molar-refractivity contribution in [3.05, 3.63) is 94.1 Å². The van der Waals surface area contributed by atoms with Gasteiger partial charge in [-0.1, -0.05) is 42.1 Å². The maximum atomic E-state index is 12.3. The van der Waals surface area contributed by atoms with Crippen molar-refractivity contribution in [2.75, 3.05) is 5.32 Å². The van der Waals surface area contributed by atoms with E-state index in [-0.39, 0.29) is 11.5 Å². The number of thiazole rings is 1. The summed E-state index contributed by atoms with van der Waals surface area (Å²) >= 11 is 3.05. The van der Waals surface area contributed by atoms with Crippen molar-refractivity contribution in [1.29, 1.82) is 0 Å². The number of aryl methyl sites for hydroxylation is 1. The van der Waals surface area contributed by atoms with E-state index in [0.717, 1.165) is 20.1 Å². The summed E-state index contributed by atoms with van der Waals surface area (Å²) in [7, 11) is 0. The fourth-order valence-corrected chi connectivity index (χ4v) is 5.25. The molecule has 0 aliphatic carbocycles. The highest BCUT2D eigenvalue weighted by Crippen LogP contribution is 2.32. The molecular formula is C24H18N4O3S2. The molecule has 5 aromatic rings. The van der Waals surface area contributed by atoms with Crippen LogP contribution in [0.15, 0.2) is 80.4 Å². The molecule has 0 atom stereocenters. The maximum absolute atomic E-state index is 12.3. The zero-order chi connectivity index (χ0) is 22.8. The fraction of sp³-hybridized carbons (Fsp3) is 0.0833. The van der Waals surface area contributed by atoms with E-state index in [4.69, 9.17) is 4.52 Å². The van der Waals surface area contributed by atoms with Crippen molar-refractivity contribution < 1.29 is 9.32 Å². The van der Waals surface area contributed by atoms with Crippen LogP contribution in [-0.4, -0.2) is 20.4 Å². The van der Waals surface area contributed by atoms with Crippen molar-refractivity contribution in [2.24, 2.45) is 0 Å². The molecule has 3 aromatic heterocycles. The highest BCUT2D eigenvalue weighted by molar-refractivity contribution is 8.00. The molecule has 0 saturated carbocycles. The van der Waals surface area contributed by atoms with Crippen LogP contribution in [0.5, 0.6) is 0 Å². The molecule has 0 spiro atoms. The first-order chi connectivity index (χ1) is 16.0. The van der Waals surface area contributed by atoms with E-state index in [1.54, 1.807) is 19.1 Å². The van der Waals surface area contributed by atoms with Gasteiger partial charge in [0.1, 0.15) is 5.76 Å². The van der Waals surface area contributed by atoms with E-state index >= 15 is 0 Å². The molecule has 5 rings (SSSR count). The molecule has 0 unspecified atom stereocenters. The quantitative estimate of drug-likeness (QED) is 0.270. The molecule has 0 radical (unpaired) electrons. The van der Waals surface area contributed by atoms with Crippen molar-refractivity contribution in [1.82, 2.24) is 14.5 Å². The monoisotopic (exact) mass is 474 g/mol. The number of benzene rings is 2. The Morgan fingerprint density at radius 1 is 1.15 bits per heavy atom. The summed E-state index contributed by atoms with van der Waals surface area (Å²) in [5, 5.41) is 2.89. The van der Waals surface area contributed by atoms with Gasteiger partial charge in [-0.15, -0.1) is 15.9 Å². The molecule has 33 heavy (non-hydrogen) atoms. The predicted octanol–water partition coefficient (Wildman–Crippen LogP) is 5.15. The number of aromatic nitrogens is 3. The van der Waals surface area contributed by atoms with Gasteiger partial charge in [-0.2, -0.15) is 0 Å². The number of hydrogen-bond acceptors (Lipinski definition) is 7. The van der Waals surface area contributed by atoms with Crippen LogP contribution in [0.3, 0.4) is 0 Å². The molecule has 0 aliphatic heterocycles. The summed E-state index contributed by atoms with van der Waals surface area (Å²) in [6.45, 7) is 1.78. The molecule has 1 amide bonds. The lowest BCUT2D eigenvalue weighted by Gasteiger charge is -2.01. The minimum atomic E-state index is -0.241. The molecule has 3 heterocycles. The molecule has 9 heteroatoms. The van der Waals surface area contributed by atoms with Crippen LogP contribution in [0, 0.1) is 6.92 Å². The van der Waals surface area contributed by atoms with Crippen molar-refractivity contribution >= 4 is 56.6 Å². The number of carbonyl (C=O) groups is 1. The highest BCUT2D eigenvalue weighted by atomic mass is 32.2. The first kappa shape index (κ1) is 21.2. The standard InChI is InChI=1S/C24H18N4O3S2/c1-15-11-21-25-18(13-23(30)28(21)31-15)14-32-24-27-19-9-8-17(12-20(19)33-24)26-22(29)10-7-16-5-3-2-4-6-16/h2-13H,14H2,1H3,(H,26,29). The lowest BCUT2D eigenvalue weighted by Crippen LogP contribution is -2.12. The van der Waals surface area contributed by atoms with E-state index in [1.165, 1.54) is 39.8 Å². The van der Waals surface area contributed by atoms with Crippen LogP contribution < -0.4 is 10.9 Å². The number of amides is 1. The van der Waals surface area contributed by atoms with Gasteiger partial charge in [-0.05, 0) is 36.8 Å². The van der Waals surface area contributed by atoms with E-state index < -0.39 is 0 Å². The number of fused-ring (bicyclic) bond motifs is 2. The van der Waals surface area contributed by atoms with Gasteiger partial charge in [0, 0.05) is 29.6 Å². The van der Waals surface area contributed by atoms with Crippen LogP contribution in [0.25, 0.3) is 21.9 Å². The van der Waals surface area contributed by atoms with E-state index in [9.17, 15) is 9.59 Å². The number of nitrogens with zero attached hydrogens (tertiary/aromatic N) is 3. The largest absolute Gasteiger partial charge is 0.375 e. The van der Waals surface area contributed by atoms with E-state index in [0.29, 0.717) is 28.5 Å². The van der Waals surface area contributed by atoms with Gasteiger partial charge in [-0.25, -0.2) is 9.97 Å².